The summed E-state index contributed by atoms with van der Waals surface area (Å²) >= 11 is 3.58. The highest BCUT2D eigenvalue weighted by Gasteiger charge is 2.13. The molecule has 102 valence electrons. The first-order valence-corrected chi connectivity index (χ1v) is 7.05. The van der Waals surface area contributed by atoms with Gasteiger partial charge in [0.15, 0.2) is 0 Å². The van der Waals surface area contributed by atoms with E-state index in [-0.39, 0.29) is 4.83 Å². The van der Waals surface area contributed by atoms with E-state index in [1.165, 1.54) is 0 Å². The third-order valence-corrected chi connectivity index (χ3v) is 3.17. The van der Waals surface area contributed by atoms with Crippen LogP contribution in [-0.2, 0) is 4.74 Å². The standard InChI is InChI=1S/C13H22BrN3O/c1-9(2)12-6-10(3)15-13(16-12)17(4)7-11(14)8-18-5/h6,9,11H,7-8H2,1-5H3. The van der Waals surface area contributed by atoms with Crippen molar-refractivity contribution in [1.29, 1.82) is 0 Å². The molecule has 0 spiro atoms. The summed E-state index contributed by atoms with van der Waals surface area (Å²) in [5.74, 6) is 1.19. The lowest BCUT2D eigenvalue weighted by atomic mass is 10.1. The number of alkyl halides is 1. The lowest BCUT2D eigenvalue weighted by Gasteiger charge is -2.21. The van der Waals surface area contributed by atoms with Crippen molar-refractivity contribution in [2.75, 3.05) is 32.2 Å². The van der Waals surface area contributed by atoms with E-state index in [4.69, 9.17) is 4.74 Å². The Morgan fingerprint density at radius 3 is 2.61 bits per heavy atom. The summed E-state index contributed by atoms with van der Waals surface area (Å²) in [5, 5.41) is 0. The third kappa shape index (κ3) is 4.53. The highest BCUT2D eigenvalue weighted by Crippen LogP contribution is 2.17. The van der Waals surface area contributed by atoms with Crippen LogP contribution in [0.4, 0.5) is 5.95 Å². The maximum absolute atomic E-state index is 5.11. The minimum Gasteiger partial charge on any atom is -0.383 e. The van der Waals surface area contributed by atoms with Crippen LogP contribution in [0.5, 0.6) is 0 Å². The van der Waals surface area contributed by atoms with Crippen molar-refractivity contribution in [1.82, 2.24) is 9.97 Å². The van der Waals surface area contributed by atoms with Crippen LogP contribution in [0.25, 0.3) is 0 Å². The molecule has 1 unspecified atom stereocenters. The molecule has 0 fully saturated rings. The maximum Gasteiger partial charge on any atom is 0.225 e. The first kappa shape index (κ1) is 15.4. The Kier molecular flexibility index (Phi) is 6.02. The molecule has 0 bridgehead atoms. The van der Waals surface area contributed by atoms with Gasteiger partial charge in [0.25, 0.3) is 0 Å². The predicted molar refractivity (Wildman–Crippen MR) is 78.7 cm³/mol. The zero-order valence-electron chi connectivity index (χ0n) is 11.8. The first-order valence-electron chi connectivity index (χ1n) is 6.13. The Labute approximate surface area is 118 Å². The van der Waals surface area contributed by atoms with Crippen molar-refractivity contribution in [3.8, 4) is 0 Å². The summed E-state index contributed by atoms with van der Waals surface area (Å²) in [6.07, 6.45) is 0. The maximum atomic E-state index is 5.11. The lowest BCUT2D eigenvalue weighted by Crippen LogP contribution is -2.30. The van der Waals surface area contributed by atoms with Gasteiger partial charge in [-0.25, -0.2) is 9.97 Å². The Bertz CT molecular complexity index is 384. The lowest BCUT2D eigenvalue weighted by molar-refractivity contribution is 0.201. The molecule has 0 saturated carbocycles. The molecule has 4 nitrogen and oxygen atoms in total. The van der Waals surface area contributed by atoms with E-state index in [1.54, 1.807) is 7.11 Å². The highest BCUT2D eigenvalue weighted by atomic mass is 79.9. The largest absolute Gasteiger partial charge is 0.383 e. The molecule has 1 heterocycles. The minimum absolute atomic E-state index is 0.277. The SMILES string of the molecule is COCC(Br)CN(C)c1nc(C)cc(C(C)C)n1. The number of rotatable bonds is 6. The van der Waals surface area contributed by atoms with Crippen molar-refractivity contribution in [2.24, 2.45) is 0 Å². The fourth-order valence-corrected chi connectivity index (χ4v) is 2.35. The number of nitrogens with zero attached hydrogens (tertiary/aromatic N) is 3. The second-order valence-corrected chi connectivity index (χ2v) is 6.12. The number of halogens is 1. The molecule has 0 amide bonds. The van der Waals surface area contributed by atoms with Crippen molar-refractivity contribution < 1.29 is 4.74 Å². The summed E-state index contributed by atoms with van der Waals surface area (Å²) in [6.45, 7) is 7.78. The molecule has 1 rings (SSSR count). The number of hydrogen-bond donors (Lipinski definition) is 0. The molecule has 1 aromatic rings. The van der Waals surface area contributed by atoms with E-state index in [0.29, 0.717) is 12.5 Å². The van der Waals surface area contributed by atoms with Gasteiger partial charge in [0.2, 0.25) is 5.95 Å². The van der Waals surface area contributed by atoms with Gasteiger partial charge in [0.05, 0.1) is 11.4 Å². The average molecular weight is 316 g/mol. The van der Waals surface area contributed by atoms with Gasteiger partial charge in [0.1, 0.15) is 0 Å². The van der Waals surface area contributed by atoms with Crippen molar-refractivity contribution in [3.05, 3.63) is 17.5 Å². The summed E-state index contributed by atoms with van der Waals surface area (Å²) in [6, 6.07) is 2.04. The number of aromatic nitrogens is 2. The number of hydrogen-bond acceptors (Lipinski definition) is 4. The molecule has 0 aliphatic carbocycles. The summed E-state index contributed by atoms with van der Waals surface area (Å²) in [5.41, 5.74) is 2.09. The van der Waals surface area contributed by atoms with Gasteiger partial charge in [-0.05, 0) is 18.9 Å². The Balaban J connectivity index is 2.81. The zero-order chi connectivity index (χ0) is 13.7. The number of aryl methyl sites for hydroxylation is 1. The van der Waals surface area contributed by atoms with Crippen LogP contribution in [0.15, 0.2) is 6.07 Å². The Morgan fingerprint density at radius 2 is 2.06 bits per heavy atom. The second kappa shape index (κ2) is 7.04. The van der Waals surface area contributed by atoms with Crippen LogP contribution >= 0.6 is 15.9 Å². The molecule has 0 aliphatic heterocycles. The fraction of sp³-hybridized carbons (Fsp3) is 0.692. The van der Waals surface area contributed by atoms with Gasteiger partial charge in [-0.15, -0.1) is 0 Å². The molecular weight excluding hydrogens is 294 g/mol. The van der Waals surface area contributed by atoms with Crippen LogP contribution < -0.4 is 4.90 Å². The van der Waals surface area contributed by atoms with E-state index in [2.05, 4.69) is 44.6 Å². The van der Waals surface area contributed by atoms with Crippen LogP contribution in [0.3, 0.4) is 0 Å². The van der Waals surface area contributed by atoms with E-state index >= 15 is 0 Å². The summed E-state index contributed by atoms with van der Waals surface area (Å²) in [4.78, 5) is 11.4. The van der Waals surface area contributed by atoms with Gasteiger partial charge in [-0.2, -0.15) is 0 Å². The molecule has 0 N–H and O–H groups in total. The Hall–Kier alpha value is -0.680. The first-order chi connectivity index (χ1) is 8.43. The van der Waals surface area contributed by atoms with E-state index in [0.717, 1.165) is 23.9 Å². The molecule has 18 heavy (non-hydrogen) atoms. The molecular formula is C13H22BrN3O. The van der Waals surface area contributed by atoms with Crippen molar-refractivity contribution in [2.45, 2.75) is 31.5 Å². The molecule has 5 heteroatoms. The average Bonchev–Trinajstić information content (AvgIpc) is 2.28. The molecule has 1 aromatic heterocycles. The van der Waals surface area contributed by atoms with Gasteiger partial charge < -0.3 is 9.64 Å². The number of anilines is 1. The van der Waals surface area contributed by atoms with E-state index in [1.807, 2.05) is 20.0 Å². The predicted octanol–water partition coefficient (Wildman–Crippen LogP) is 2.75. The molecule has 0 saturated heterocycles. The monoisotopic (exact) mass is 315 g/mol. The zero-order valence-corrected chi connectivity index (χ0v) is 13.4. The van der Waals surface area contributed by atoms with E-state index in [9.17, 15) is 0 Å². The van der Waals surface area contributed by atoms with Crippen LogP contribution in [0.2, 0.25) is 0 Å². The normalized spacial score (nSPS) is 12.8. The third-order valence-electron chi connectivity index (χ3n) is 2.61. The number of methoxy groups -OCH3 is 1. The quantitative estimate of drug-likeness (QED) is 0.757. The highest BCUT2D eigenvalue weighted by molar-refractivity contribution is 9.09. The molecule has 1 atom stereocenters. The van der Waals surface area contributed by atoms with E-state index < -0.39 is 0 Å². The number of ether oxygens (including phenoxy) is 1. The summed E-state index contributed by atoms with van der Waals surface area (Å²) in [7, 11) is 3.71. The molecule has 0 aliphatic rings. The van der Waals surface area contributed by atoms with Crippen LogP contribution in [0.1, 0.15) is 31.2 Å². The molecule has 0 aromatic carbocycles. The smallest absolute Gasteiger partial charge is 0.225 e. The second-order valence-electron chi connectivity index (χ2n) is 4.82. The van der Waals surface area contributed by atoms with Gasteiger partial charge in [-0.3, -0.25) is 0 Å². The van der Waals surface area contributed by atoms with Gasteiger partial charge >= 0.3 is 0 Å². The van der Waals surface area contributed by atoms with Crippen LogP contribution in [0, 0.1) is 6.92 Å². The Morgan fingerprint density at radius 1 is 1.39 bits per heavy atom. The van der Waals surface area contributed by atoms with Gasteiger partial charge in [-0.1, -0.05) is 29.8 Å². The van der Waals surface area contributed by atoms with Gasteiger partial charge in [0, 0.05) is 32.1 Å². The van der Waals surface area contributed by atoms with Crippen LogP contribution in [-0.4, -0.2) is 42.1 Å². The van der Waals surface area contributed by atoms with Crippen molar-refractivity contribution >= 4 is 21.9 Å². The topological polar surface area (TPSA) is 38.2 Å². The minimum atomic E-state index is 0.277. The molecule has 0 radical (unpaired) electrons. The fourth-order valence-electron chi connectivity index (χ4n) is 1.66. The summed E-state index contributed by atoms with van der Waals surface area (Å²) < 4.78 is 5.11. The van der Waals surface area contributed by atoms with Crippen molar-refractivity contribution in [3.63, 3.8) is 0 Å².